The molecule has 0 saturated carbocycles. The van der Waals surface area contributed by atoms with Crippen LogP contribution in [0.3, 0.4) is 0 Å². The molecule has 2 aromatic rings. The van der Waals surface area contributed by atoms with Crippen molar-refractivity contribution >= 4 is 11.5 Å². The van der Waals surface area contributed by atoms with Gasteiger partial charge in [0.15, 0.2) is 5.84 Å². The van der Waals surface area contributed by atoms with E-state index in [1.54, 1.807) is 12.3 Å². The quantitative estimate of drug-likeness (QED) is 0.378. The molecule has 0 amide bonds. The lowest BCUT2D eigenvalue weighted by molar-refractivity contribution is 0.318. The van der Waals surface area contributed by atoms with Gasteiger partial charge in [0, 0.05) is 13.6 Å². The van der Waals surface area contributed by atoms with Crippen LogP contribution < -0.4 is 10.6 Å². The Morgan fingerprint density at radius 1 is 1.26 bits per heavy atom. The predicted molar refractivity (Wildman–Crippen MR) is 75.3 cm³/mol. The minimum Gasteiger partial charge on any atom is -0.409 e. The van der Waals surface area contributed by atoms with Gasteiger partial charge in [-0.3, -0.25) is 4.98 Å². The van der Waals surface area contributed by atoms with Crippen LogP contribution in [0.1, 0.15) is 11.3 Å². The molecule has 5 nitrogen and oxygen atoms in total. The molecule has 0 aliphatic rings. The molecule has 0 fully saturated rings. The Hall–Kier alpha value is -2.56. The number of oxime groups is 1. The molecule has 0 unspecified atom stereocenters. The van der Waals surface area contributed by atoms with Crippen molar-refractivity contribution in [2.45, 2.75) is 6.54 Å². The van der Waals surface area contributed by atoms with E-state index < -0.39 is 0 Å². The normalized spacial score (nSPS) is 11.3. The largest absolute Gasteiger partial charge is 0.409 e. The van der Waals surface area contributed by atoms with Crippen molar-refractivity contribution in [1.29, 1.82) is 0 Å². The molecule has 5 heteroatoms. The van der Waals surface area contributed by atoms with Crippen molar-refractivity contribution in [2.24, 2.45) is 10.9 Å². The lowest BCUT2D eigenvalue weighted by Gasteiger charge is -2.19. The topological polar surface area (TPSA) is 74.7 Å². The van der Waals surface area contributed by atoms with E-state index in [1.807, 2.05) is 31.3 Å². The van der Waals surface area contributed by atoms with Gasteiger partial charge in [0.05, 0.1) is 11.9 Å². The summed E-state index contributed by atoms with van der Waals surface area (Å²) in [6.45, 7) is 0.797. The highest BCUT2D eigenvalue weighted by molar-refractivity contribution is 5.95. The van der Waals surface area contributed by atoms with Crippen LogP contribution in [0.25, 0.3) is 0 Å². The summed E-state index contributed by atoms with van der Waals surface area (Å²) in [6.07, 6.45) is 1.70. The molecule has 98 valence electrons. The Kier molecular flexibility index (Phi) is 3.97. The highest BCUT2D eigenvalue weighted by Crippen LogP contribution is 2.14. The summed E-state index contributed by atoms with van der Waals surface area (Å²) in [6, 6.07) is 13.8. The first-order chi connectivity index (χ1) is 9.20. The maximum absolute atomic E-state index is 8.57. The molecule has 3 N–H and O–H groups in total. The number of anilines is 1. The van der Waals surface area contributed by atoms with Crippen LogP contribution in [0, 0.1) is 0 Å². The van der Waals surface area contributed by atoms with Crippen molar-refractivity contribution in [3.8, 4) is 0 Å². The maximum Gasteiger partial charge on any atom is 0.188 e. The Balaban J connectivity index is 2.10. The number of nitrogens with zero attached hydrogens (tertiary/aromatic N) is 3. The fraction of sp³-hybridized carbons (Fsp3) is 0.143. The second kappa shape index (κ2) is 5.86. The lowest BCUT2D eigenvalue weighted by Crippen LogP contribution is -2.18. The summed E-state index contributed by atoms with van der Waals surface area (Å²) >= 11 is 0. The van der Waals surface area contributed by atoms with Crippen molar-refractivity contribution in [3.63, 3.8) is 0 Å². The van der Waals surface area contributed by atoms with Gasteiger partial charge in [0.1, 0.15) is 5.69 Å². The number of hydrogen-bond donors (Lipinski definition) is 2. The molecule has 0 atom stereocenters. The predicted octanol–water partition coefficient (Wildman–Crippen LogP) is 1.81. The van der Waals surface area contributed by atoms with E-state index in [4.69, 9.17) is 10.9 Å². The summed E-state index contributed by atoms with van der Waals surface area (Å²) in [4.78, 5) is 6.24. The van der Waals surface area contributed by atoms with Crippen LogP contribution in [0.5, 0.6) is 0 Å². The van der Waals surface area contributed by atoms with E-state index in [-0.39, 0.29) is 5.84 Å². The zero-order valence-corrected chi connectivity index (χ0v) is 10.7. The smallest absolute Gasteiger partial charge is 0.188 e. The van der Waals surface area contributed by atoms with Crippen LogP contribution in [0.15, 0.2) is 53.8 Å². The van der Waals surface area contributed by atoms with Gasteiger partial charge in [-0.15, -0.1) is 0 Å². The molecule has 0 spiro atoms. The fourth-order valence-corrected chi connectivity index (χ4v) is 1.76. The summed E-state index contributed by atoms with van der Waals surface area (Å²) < 4.78 is 0. The number of benzene rings is 1. The zero-order chi connectivity index (χ0) is 13.7. The van der Waals surface area contributed by atoms with Gasteiger partial charge in [0.25, 0.3) is 0 Å². The number of aromatic nitrogens is 1. The average Bonchev–Trinajstić information content (AvgIpc) is 2.47. The first kappa shape index (κ1) is 12.9. The molecule has 0 aliphatic carbocycles. The minimum atomic E-state index is 0.0114. The van der Waals surface area contributed by atoms with Crippen LogP contribution in [0.4, 0.5) is 5.69 Å². The average molecular weight is 256 g/mol. The molecule has 1 aromatic heterocycles. The molecule has 19 heavy (non-hydrogen) atoms. The number of hydrogen-bond acceptors (Lipinski definition) is 4. The molecule has 0 radical (unpaired) electrons. The van der Waals surface area contributed by atoms with Crippen molar-refractivity contribution < 1.29 is 5.21 Å². The van der Waals surface area contributed by atoms with Crippen molar-refractivity contribution in [2.75, 3.05) is 11.9 Å². The highest BCUT2D eigenvalue weighted by atomic mass is 16.4. The van der Waals surface area contributed by atoms with E-state index in [9.17, 15) is 0 Å². The van der Waals surface area contributed by atoms with Crippen LogP contribution in [0.2, 0.25) is 0 Å². The monoisotopic (exact) mass is 256 g/mol. The number of pyridine rings is 1. The Bertz CT molecular complexity index is 551. The van der Waals surface area contributed by atoms with Crippen LogP contribution >= 0.6 is 0 Å². The Morgan fingerprint density at radius 2 is 2.00 bits per heavy atom. The third-order valence-corrected chi connectivity index (χ3v) is 2.82. The SMILES string of the molecule is CN(Cc1ccccc1)c1ccc(/C(N)=N/O)nc1. The summed E-state index contributed by atoms with van der Waals surface area (Å²) in [5.41, 5.74) is 8.12. The van der Waals surface area contributed by atoms with Crippen LogP contribution in [-0.2, 0) is 6.54 Å². The number of rotatable bonds is 4. The Morgan fingerprint density at radius 3 is 2.58 bits per heavy atom. The molecule has 0 aliphatic heterocycles. The summed E-state index contributed by atoms with van der Waals surface area (Å²) in [5.74, 6) is 0.0114. The Labute approximate surface area is 112 Å². The molecule has 0 saturated heterocycles. The van der Waals surface area contributed by atoms with Crippen LogP contribution in [-0.4, -0.2) is 23.1 Å². The molecule has 2 rings (SSSR count). The number of amidine groups is 1. The minimum absolute atomic E-state index is 0.0114. The molecular weight excluding hydrogens is 240 g/mol. The van der Waals surface area contributed by atoms with E-state index in [0.29, 0.717) is 5.69 Å². The first-order valence-electron chi connectivity index (χ1n) is 5.89. The van der Waals surface area contributed by atoms with E-state index >= 15 is 0 Å². The van der Waals surface area contributed by atoms with Crippen molar-refractivity contribution in [1.82, 2.24) is 4.98 Å². The fourth-order valence-electron chi connectivity index (χ4n) is 1.76. The highest BCUT2D eigenvalue weighted by Gasteiger charge is 2.05. The van der Waals surface area contributed by atoms with Gasteiger partial charge >= 0.3 is 0 Å². The zero-order valence-electron chi connectivity index (χ0n) is 10.7. The van der Waals surface area contributed by atoms with E-state index in [1.165, 1.54) is 5.56 Å². The summed E-state index contributed by atoms with van der Waals surface area (Å²) in [7, 11) is 1.99. The maximum atomic E-state index is 8.57. The van der Waals surface area contributed by atoms with E-state index in [0.717, 1.165) is 12.2 Å². The standard InChI is InChI=1S/C14H16N4O/c1-18(10-11-5-3-2-4-6-11)12-7-8-13(16-9-12)14(15)17-19/h2-9,19H,10H2,1H3,(H2,15,17). The van der Waals surface area contributed by atoms with Gasteiger partial charge in [-0.05, 0) is 17.7 Å². The van der Waals surface area contributed by atoms with E-state index in [2.05, 4.69) is 27.2 Å². The van der Waals surface area contributed by atoms with Gasteiger partial charge in [-0.25, -0.2) is 0 Å². The van der Waals surface area contributed by atoms with Gasteiger partial charge in [-0.1, -0.05) is 35.5 Å². The third kappa shape index (κ3) is 3.22. The molecule has 1 heterocycles. The first-order valence-corrected chi connectivity index (χ1v) is 5.89. The van der Waals surface area contributed by atoms with Gasteiger partial charge in [-0.2, -0.15) is 0 Å². The number of nitrogens with two attached hydrogens (primary N) is 1. The van der Waals surface area contributed by atoms with Gasteiger partial charge < -0.3 is 15.8 Å². The second-order valence-electron chi connectivity index (χ2n) is 4.23. The molecule has 0 bridgehead atoms. The third-order valence-electron chi connectivity index (χ3n) is 2.82. The lowest BCUT2D eigenvalue weighted by atomic mass is 10.2. The molecular formula is C14H16N4O. The molecule has 1 aromatic carbocycles. The van der Waals surface area contributed by atoms with Gasteiger partial charge in [0.2, 0.25) is 0 Å². The second-order valence-corrected chi connectivity index (χ2v) is 4.23. The van der Waals surface area contributed by atoms with Crippen molar-refractivity contribution in [3.05, 3.63) is 59.9 Å². The summed E-state index contributed by atoms with van der Waals surface area (Å²) in [5, 5.41) is 11.5.